The van der Waals surface area contributed by atoms with E-state index in [0.717, 1.165) is 12.0 Å². The number of hydrogen-bond acceptors (Lipinski definition) is 6. The van der Waals surface area contributed by atoms with Gasteiger partial charge in [0.1, 0.15) is 0 Å². The van der Waals surface area contributed by atoms with Crippen LogP contribution in [0.5, 0.6) is 11.5 Å². The molecule has 0 spiro atoms. The lowest BCUT2D eigenvalue weighted by molar-refractivity contribution is -0.143. The van der Waals surface area contributed by atoms with Crippen molar-refractivity contribution < 1.29 is 54.9 Å². The molecule has 2 aromatic carbocycles. The molecule has 0 fully saturated rings. The van der Waals surface area contributed by atoms with Gasteiger partial charge >= 0.3 is 24.5 Å². The van der Waals surface area contributed by atoms with Crippen LogP contribution in [0, 0.1) is 0 Å². The number of benzene rings is 2. The second-order valence-electron chi connectivity index (χ2n) is 9.18. The number of alkyl halides is 6. The van der Waals surface area contributed by atoms with Crippen molar-refractivity contribution >= 4 is 17.9 Å². The monoisotopic (exact) mass is 592 g/mol. The third kappa shape index (κ3) is 6.91. The van der Waals surface area contributed by atoms with E-state index in [1.165, 1.54) is 24.1 Å². The smallest absolute Gasteiger partial charge is 0.416 e. The predicted molar refractivity (Wildman–Crippen MR) is 135 cm³/mol. The fraction of sp³-hybridized carbons (Fsp3) is 0.481. The molecule has 0 saturated carbocycles. The summed E-state index contributed by atoms with van der Waals surface area (Å²) in [5.41, 5.74) is -2.85. The van der Waals surface area contributed by atoms with E-state index in [1.807, 2.05) is 0 Å². The minimum absolute atomic E-state index is 0.0157. The Labute approximate surface area is 232 Å². The Hall–Kier alpha value is -3.84. The summed E-state index contributed by atoms with van der Waals surface area (Å²) in [4.78, 5) is 28.3. The Bertz CT molecular complexity index is 1230. The van der Waals surface area contributed by atoms with Gasteiger partial charge in [-0.1, -0.05) is 0 Å². The van der Waals surface area contributed by atoms with Crippen LogP contribution in [0.15, 0.2) is 30.3 Å². The lowest BCUT2D eigenvalue weighted by Gasteiger charge is -2.42. The maximum atomic E-state index is 13.5. The fourth-order valence-electron chi connectivity index (χ4n) is 4.75. The van der Waals surface area contributed by atoms with Crippen molar-refractivity contribution in [3.05, 3.63) is 52.6 Å². The van der Waals surface area contributed by atoms with E-state index in [9.17, 15) is 35.9 Å². The molecule has 0 unspecified atom stereocenters. The van der Waals surface area contributed by atoms with Crippen molar-refractivity contribution in [1.29, 1.82) is 0 Å². The summed E-state index contributed by atoms with van der Waals surface area (Å²) in [6.07, 6.45) is -11.8. The molecule has 2 atom stereocenters. The van der Waals surface area contributed by atoms with Crippen LogP contribution in [-0.2, 0) is 28.4 Å². The normalized spacial score (nSPS) is 17.0. The molecule has 2 amide bonds. The first kappa shape index (κ1) is 31.7. The Morgan fingerprint density at radius 1 is 0.927 bits per heavy atom. The molecule has 0 aromatic heterocycles. The van der Waals surface area contributed by atoms with Gasteiger partial charge in [-0.05, 0) is 57.0 Å². The van der Waals surface area contributed by atoms with Crippen molar-refractivity contribution in [1.82, 2.24) is 4.90 Å². The van der Waals surface area contributed by atoms with E-state index in [4.69, 9.17) is 18.9 Å². The molecule has 0 bridgehead atoms. The number of halogens is 6. The molecular weight excluding hydrogens is 562 g/mol. The summed E-state index contributed by atoms with van der Waals surface area (Å²) in [5.74, 6) is 0.505. The van der Waals surface area contributed by atoms with Crippen LogP contribution in [0.1, 0.15) is 55.5 Å². The van der Waals surface area contributed by atoms with Crippen molar-refractivity contribution in [2.45, 2.75) is 58.2 Å². The summed E-state index contributed by atoms with van der Waals surface area (Å²) < 4.78 is 102. The van der Waals surface area contributed by atoms with Crippen LogP contribution in [-0.4, -0.2) is 50.6 Å². The molecule has 41 heavy (non-hydrogen) atoms. The Balaban J connectivity index is 2.22. The molecule has 0 aliphatic carbocycles. The lowest BCUT2D eigenvalue weighted by Crippen LogP contribution is -2.47. The fourth-order valence-corrected chi connectivity index (χ4v) is 4.75. The maximum Gasteiger partial charge on any atom is 0.416 e. The van der Waals surface area contributed by atoms with Gasteiger partial charge in [-0.3, -0.25) is 9.80 Å². The molecule has 2 aromatic rings. The number of methoxy groups -OCH3 is 2. The molecule has 1 heterocycles. The number of fused-ring (bicyclic) bond motifs is 1. The lowest BCUT2D eigenvalue weighted by atomic mass is 9.90. The standard InChI is InChI=1S/C27H30F6N2O6/c1-6-40-23-12-19-20(8-15(3)35(25(37)41-7-2)21(19)13-22(23)38-4)34(24(36)39-5)14-16-9-17(26(28,29)30)11-18(10-16)27(31,32)33/h9-13,15,20H,6-8,14H2,1-5H3/t15-,20+/m1/s1. The van der Waals surface area contributed by atoms with Gasteiger partial charge in [0.15, 0.2) is 11.5 Å². The van der Waals surface area contributed by atoms with Gasteiger partial charge in [-0.25, -0.2) is 9.59 Å². The van der Waals surface area contributed by atoms with E-state index in [0.29, 0.717) is 17.7 Å². The van der Waals surface area contributed by atoms with Gasteiger partial charge in [0.05, 0.1) is 50.3 Å². The molecule has 0 radical (unpaired) electrons. The molecule has 0 saturated heterocycles. The van der Waals surface area contributed by atoms with Crippen molar-refractivity contribution in [3.8, 4) is 11.5 Å². The Morgan fingerprint density at radius 3 is 2.02 bits per heavy atom. The molecule has 3 rings (SSSR count). The van der Waals surface area contributed by atoms with E-state index in [1.54, 1.807) is 20.8 Å². The van der Waals surface area contributed by atoms with Crippen LogP contribution in [0.3, 0.4) is 0 Å². The quantitative estimate of drug-likeness (QED) is 0.317. The van der Waals surface area contributed by atoms with Crippen LogP contribution in [0.4, 0.5) is 41.6 Å². The minimum atomic E-state index is -5.07. The third-order valence-electron chi connectivity index (χ3n) is 6.49. The first-order valence-corrected chi connectivity index (χ1v) is 12.6. The van der Waals surface area contributed by atoms with Crippen LogP contribution in [0.25, 0.3) is 0 Å². The maximum absolute atomic E-state index is 13.5. The van der Waals surface area contributed by atoms with Gasteiger partial charge in [0, 0.05) is 24.2 Å². The number of anilines is 1. The average molecular weight is 593 g/mol. The van der Waals surface area contributed by atoms with E-state index in [-0.39, 0.29) is 42.9 Å². The molecule has 1 aliphatic heterocycles. The summed E-state index contributed by atoms with van der Waals surface area (Å²) in [7, 11) is 2.43. The van der Waals surface area contributed by atoms with Gasteiger partial charge < -0.3 is 18.9 Å². The third-order valence-corrected chi connectivity index (χ3v) is 6.49. The number of amides is 2. The second kappa shape index (κ2) is 12.4. The molecule has 226 valence electrons. The van der Waals surface area contributed by atoms with Gasteiger partial charge in [0.25, 0.3) is 0 Å². The topological polar surface area (TPSA) is 77.5 Å². The van der Waals surface area contributed by atoms with Crippen molar-refractivity contribution in [3.63, 3.8) is 0 Å². The van der Waals surface area contributed by atoms with Crippen molar-refractivity contribution in [2.24, 2.45) is 0 Å². The number of carbonyl (C=O) groups excluding carboxylic acids is 2. The molecule has 1 aliphatic rings. The zero-order valence-electron chi connectivity index (χ0n) is 23.0. The number of carbonyl (C=O) groups is 2. The first-order chi connectivity index (χ1) is 19.2. The van der Waals surface area contributed by atoms with Crippen molar-refractivity contribution in [2.75, 3.05) is 32.3 Å². The number of rotatable bonds is 7. The highest BCUT2D eigenvalue weighted by atomic mass is 19.4. The SMILES string of the molecule is CCOC(=O)N1c2cc(OC)c(OCC)cc2[C@@H](N(Cc2cc(C(F)(F)F)cc(C(F)(F)F)c2)C(=O)OC)C[C@H]1C. The summed E-state index contributed by atoms with van der Waals surface area (Å²) in [5, 5.41) is 0. The highest BCUT2D eigenvalue weighted by Gasteiger charge is 2.41. The highest BCUT2D eigenvalue weighted by molar-refractivity contribution is 5.91. The largest absolute Gasteiger partial charge is 0.493 e. The average Bonchev–Trinajstić information content (AvgIpc) is 2.89. The minimum Gasteiger partial charge on any atom is -0.493 e. The molecule has 14 heteroatoms. The van der Waals surface area contributed by atoms with Crippen LogP contribution < -0.4 is 14.4 Å². The molecule has 8 nitrogen and oxygen atoms in total. The summed E-state index contributed by atoms with van der Waals surface area (Å²) in [6.45, 7) is 4.64. The zero-order chi connectivity index (χ0) is 30.7. The Kier molecular flexibility index (Phi) is 9.54. The molecular formula is C27H30F6N2O6. The summed E-state index contributed by atoms with van der Waals surface area (Å²) >= 11 is 0. The van der Waals surface area contributed by atoms with E-state index >= 15 is 0 Å². The highest BCUT2D eigenvalue weighted by Crippen LogP contribution is 2.47. The number of ether oxygens (including phenoxy) is 4. The van der Waals surface area contributed by atoms with E-state index in [2.05, 4.69) is 0 Å². The van der Waals surface area contributed by atoms with E-state index < -0.39 is 59.9 Å². The molecule has 0 N–H and O–H groups in total. The van der Waals surface area contributed by atoms with Crippen LogP contribution >= 0.6 is 0 Å². The van der Waals surface area contributed by atoms with Crippen LogP contribution in [0.2, 0.25) is 0 Å². The van der Waals surface area contributed by atoms with Gasteiger partial charge in [0.2, 0.25) is 0 Å². The number of hydrogen-bond donors (Lipinski definition) is 0. The zero-order valence-corrected chi connectivity index (χ0v) is 23.0. The Morgan fingerprint density at radius 2 is 1.54 bits per heavy atom. The van der Waals surface area contributed by atoms with Gasteiger partial charge in [-0.15, -0.1) is 0 Å². The predicted octanol–water partition coefficient (Wildman–Crippen LogP) is 7.20. The van der Waals surface area contributed by atoms with Gasteiger partial charge in [-0.2, -0.15) is 26.3 Å². The number of nitrogens with zero attached hydrogens (tertiary/aromatic N) is 2. The second-order valence-corrected chi connectivity index (χ2v) is 9.18. The first-order valence-electron chi connectivity index (χ1n) is 12.6. The summed E-state index contributed by atoms with van der Waals surface area (Å²) in [6, 6.07) is 2.58.